The molecule has 188 valence electrons. The first-order valence-electron chi connectivity index (χ1n) is 11.5. The Hall–Kier alpha value is -2.91. The quantitative estimate of drug-likeness (QED) is 0.323. The van der Waals surface area contributed by atoms with E-state index >= 15 is 0 Å². The van der Waals surface area contributed by atoms with Crippen LogP contribution < -0.4 is 10.9 Å². The molecule has 3 N–H and O–H groups in total. The topological polar surface area (TPSA) is 97.9 Å². The second-order valence-electron chi connectivity index (χ2n) is 8.63. The highest BCUT2D eigenvalue weighted by Crippen LogP contribution is 2.18. The first kappa shape index (κ1) is 26.7. The predicted molar refractivity (Wildman–Crippen MR) is 137 cm³/mol. The number of allylic oxidation sites excluding steroid dienone is 2. The van der Waals surface area contributed by atoms with Crippen molar-refractivity contribution in [1.29, 1.82) is 0 Å². The number of rotatable bonds is 11. The van der Waals surface area contributed by atoms with Crippen LogP contribution >= 0.6 is 11.6 Å². The number of likely N-dealkylation sites (N-methyl/N-ethyl adjacent to an activating group) is 2. The van der Waals surface area contributed by atoms with E-state index in [1.54, 1.807) is 37.3 Å². The molecule has 0 radical (unpaired) electrons. The van der Waals surface area contributed by atoms with Gasteiger partial charge >= 0.3 is 0 Å². The van der Waals surface area contributed by atoms with Crippen LogP contribution in [-0.2, 0) is 11.2 Å². The molecule has 1 aliphatic rings. The second-order valence-corrected chi connectivity index (χ2v) is 9.02. The number of aromatic nitrogens is 1. The van der Waals surface area contributed by atoms with Gasteiger partial charge < -0.3 is 29.9 Å². The highest BCUT2D eigenvalue weighted by atomic mass is 35.5. The van der Waals surface area contributed by atoms with Crippen LogP contribution in [0.2, 0.25) is 0 Å². The normalized spacial score (nSPS) is 15.3. The Bertz CT molecular complexity index is 1110. The Kier molecular flexibility index (Phi) is 9.68. The number of methoxy groups -OCH3 is 1. The summed E-state index contributed by atoms with van der Waals surface area (Å²) in [5, 5.41) is 14.3. The zero-order valence-corrected chi connectivity index (χ0v) is 21.1. The van der Waals surface area contributed by atoms with E-state index in [9.17, 15) is 14.7 Å². The number of nitrogens with one attached hydrogen (secondary N) is 2. The van der Waals surface area contributed by atoms with Crippen molar-refractivity contribution in [1.82, 2.24) is 20.1 Å². The molecule has 0 bridgehead atoms. The van der Waals surface area contributed by atoms with Crippen LogP contribution in [0.3, 0.4) is 0 Å². The lowest BCUT2D eigenvalue weighted by molar-refractivity contribution is 0.0524. The van der Waals surface area contributed by atoms with Crippen molar-refractivity contribution in [2.45, 2.75) is 18.6 Å². The molecular formula is C26H33ClN4O4. The Labute approximate surface area is 210 Å². The van der Waals surface area contributed by atoms with Gasteiger partial charge in [-0.15, -0.1) is 0 Å². The zero-order chi connectivity index (χ0) is 25.4. The summed E-state index contributed by atoms with van der Waals surface area (Å²) >= 11 is 6.04. The highest BCUT2D eigenvalue weighted by molar-refractivity contribution is 6.29. The Morgan fingerprint density at radius 2 is 2.00 bits per heavy atom. The number of H-pyrrole nitrogens is 1. The zero-order valence-electron chi connectivity index (χ0n) is 20.3. The monoisotopic (exact) mass is 500 g/mol. The fraction of sp³-hybridized carbons (Fsp3) is 0.385. The number of carbonyl (C=O) groups excluding carboxylic acids is 1. The summed E-state index contributed by atoms with van der Waals surface area (Å²) in [6.45, 7) is 2.07. The molecule has 1 aromatic carbocycles. The molecule has 0 fully saturated rings. The molecule has 0 saturated heterocycles. The van der Waals surface area contributed by atoms with Crippen molar-refractivity contribution < 1.29 is 14.6 Å². The van der Waals surface area contributed by atoms with Crippen molar-refractivity contribution in [2.75, 3.05) is 47.4 Å². The Morgan fingerprint density at radius 1 is 1.26 bits per heavy atom. The van der Waals surface area contributed by atoms with E-state index in [0.29, 0.717) is 42.6 Å². The number of pyridine rings is 1. The maximum absolute atomic E-state index is 12.9. The number of ether oxygens (including phenoxy) is 1. The van der Waals surface area contributed by atoms with Crippen molar-refractivity contribution in [2.24, 2.45) is 0 Å². The van der Waals surface area contributed by atoms with Crippen LogP contribution in [0, 0.1) is 0 Å². The molecule has 2 atom stereocenters. The number of aliphatic hydroxyl groups is 1. The van der Waals surface area contributed by atoms with Gasteiger partial charge in [0, 0.05) is 51.6 Å². The van der Waals surface area contributed by atoms with Crippen molar-refractivity contribution in [3.05, 3.63) is 92.5 Å². The average Bonchev–Trinajstić information content (AvgIpc) is 2.86. The number of hydrogen-bond donors (Lipinski definition) is 3. The number of amides is 1. The molecule has 2 heterocycles. The van der Waals surface area contributed by atoms with Gasteiger partial charge in [-0.1, -0.05) is 35.9 Å². The second kappa shape index (κ2) is 12.7. The number of aliphatic hydroxyl groups excluding tert-OH is 1. The summed E-state index contributed by atoms with van der Waals surface area (Å²) in [5.74, 6) is -0.127. The van der Waals surface area contributed by atoms with Gasteiger partial charge in [0.1, 0.15) is 11.3 Å². The van der Waals surface area contributed by atoms with E-state index in [2.05, 4.69) is 10.3 Å². The lowest BCUT2D eigenvalue weighted by Gasteiger charge is -2.26. The molecule has 8 nitrogen and oxygen atoms in total. The van der Waals surface area contributed by atoms with Crippen molar-refractivity contribution >= 4 is 17.5 Å². The number of aromatic amines is 1. The molecule has 0 saturated carbocycles. The molecule has 35 heavy (non-hydrogen) atoms. The van der Waals surface area contributed by atoms with Gasteiger partial charge in [-0.2, -0.15) is 0 Å². The van der Waals surface area contributed by atoms with Crippen LogP contribution in [0.1, 0.15) is 27.7 Å². The molecule has 1 amide bonds. The van der Waals surface area contributed by atoms with Gasteiger partial charge in [0.25, 0.3) is 5.91 Å². The molecule has 0 aliphatic carbocycles. The summed E-state index contributed by atoms with van der Waals surface area (Å²) < 4.78 is 5.48. The maximum Gasteiger partial charge on any atom is 0.253 e. The minimum absolute atomic E-state index is 0.127. The predicted octanol–water partition coefficient (Wildman–Crippen LogP) is 2.28. The summed E-state index contributed by atoms with van der Waals surface area (Å²) in [6.07, 6.45) is 3.43. The van der Waals surface area contributed by atoms with Crippen molar-refractivity contribution in [3.8, 4) is 0 Å². The van der Waals surface area contributed by atoms with Gasteiger partial charge in [-0.3, -0.25) is 9.59 Å². The Morgan fingerprint density at radius 3 is 2.66 bits per heavy atom. The smallest absolute Gasteiger partial charge is 0.253 e. The van der Waals surface area contributed by atoms with Crippen molar-refractivity contribution in [3.63, 3.8) is 0 Å². The fourth-order valence-electron chi connectivity index (χ4n) is 3.84. The minimum Gasteiger partial charge on any atom is -0.387 e. The first-order chi connectivity index (χ1) is 16.8. The fourth-order valence-corrected chi connectivity index (χ4v) is 3.97. The molecule has 2 aromatic rings. The van der Waals surface area contributed by atoms with E-state index in [0.717, 1.165) is 17.6 Å². The van der Waals surface area contributed by atoms with Crippen LogP contribution in [0.4, 0.5) is 0 Å². The van der Waals surface area contributed by atoms with Crippen LogP contribution in [-0.4, -0.2) is 79.3 Å². The van der Waals surface area contributed by atoms with E-state index in [1.807, 2.05) is 42.3 Å². The molecular weight excluding hydrogens is 468 g/mol. The lowest BCUT2D eigenvalue weighted by Crippen LogP contribution is -2.34. The Balaban J connectivity index is 1.46. The third kappa shape index (κ3) is 7.53. The first-order valence-corrected chi connectivity index (χ1v) is 11.9. The summed E-state index contributed by atoms with van der Waals surface area (Å²) in [6, 6.07) is 12.4. The molecule has 0 spiro atoms. The lowest BCUT2D eigenvalue weighted by atomic mass is 10.1. The number of benzene rings is 1. The standard InChI is InChI=1S/C26H33ClN4O4/c1-30-16-20(11-12-24(30)27)22(32)15-28-14-13-18-7-9-19(10-8-18)26(34)31(2)17-23(35-3)21-5-4-6-25(33)29-21/h4-12,22-23,28,32H,13-17H2,1-3H3,(H,29,33). The molecule has 2 unspecified atom stereocenters. The summed E-state index contributed by atoms with van der Waals surface area (Å²) in [5.41, 5.74) is 3.01. The molecule has 1 aliphatic heterocycles. The van der Waals surface area contributed by atoms with E-state index in [1.165, 1.54) is 6.07 Å². The van der Waals surface area contributed by atoms with E-state index in [4.69, 9.17) is 16.3 Å². The molecule has 3 rings (SSSR count). The van der Waals surface area contributed by atoms with Crippen LogP contribution in [0.15, 0.2) is 70.1 Å². The highest BCUT2D eigenvalue weighted by Gasteiger charge is 2.19. The van der Waals surface area contributed by atoms with E-state index in [-0.39, 0.29) is 11.5 Å². The van der Waals surface area contributed by atoms with Gasteiger partial charge in [0.05, 0.1) is 12.6 Å². The SMILES string of the molecule is COC(CN(C)C(=O)c1ccc(CCNCC(O)C2=CC=C(Cl)N(C)C2)cc1)c1cccc(=O)[nH]1. The largest absolute Gasteiger partial charge is 0.387 e. The number of hydrogen-bond acceptors (Lipinski definition) is 6. The number of nitrogens with zero attached hydrogens (tertiary/aromatic N) is 2. The van der Waals surface area contributed by atoms with E-state index < -0.39 is 12.2 Å². The minimum atomic E-state index is -0.571. The average molecular weight is 501 g/mol. The maximum atomic E-state index is 12.9. The summed E-state index contributed by atoms with van der Waals surface area (Å²) in [7, 11) is 5.15. The molecule has 1 aromatic heterocycles. The van der Waals surface area contributed by atoms with Gasteiger partial charge in [-0.25, -0.2) is 0 Å². The van der Waals surface area contributed by atoms with Gasteiger partial charge in [0.15, 0.2) is 0 Å². The number of halogens is 1. The summed E-state index contributed by atoms with van der Waals surface area (Å²) in [4.78, 5) is 30.7. The third-order valence-corrected chi connectivity index (χ3v) is 6.40. The number of carbonyl (C=O) groups is 1. The van der Waals surface area contributed by atoms with Gasteiger partial charge in [0.2, 0.25) is 5.56 Å². The van der Waals surface area contributed by atoms with Crippen LogP contribution in [0.25, 0.3) is 0 Å². The molecule has 9 heteroatoms. The van der Waals surface area contributed by atoms with Gasteiger partial charge in [-0.05, 0) is 48.4 Å². The third-order valence-electron chi connectivity index (χ3n) is 5.99. The van der Waals surface area contributed by atoms with Crippen LogP contribution in [0.5, 0.6) is 0 Å².